The predicted octanol–water partition coefficient (Wildman–Crippen LogP) is 2.15. The molecule has 8 heteroatoms. The molecular formula is C19H16N2O6. The first kappa shape index (κ1) is 18.0. The maximum atomic E-state index is 11.7. The Bertz CT molecular complexity index is 934. The summed E-state index contributed by atoms with van der Waals surface area (Å²) in [6.07, 6.45) is 1.49. The van der Waals surface area contributed by atoms with Crippen LogP contribution in [0.1, 0.15) is 21.5 Å². The number of carboxylic acid groups (broad SMARTS) is 1. The van der Waals surface area contributed by atoms with Crippen LogP contribution in [-0.2, 0) is 11.4 Å². The van der Waals surface area contributed by atoms with Gasteiger partial charge in [-0.2, -0.15) is 0 Å². The number of aromatic carboxylic acids is 1. The highest BCUT2D eigenvalue weighted by molar-refractivity contribution is 6.14. The molecule has 0 aromatic heterocycles. The lowest BCUT2D eigenvalue weighted by atomic mass is 10.1. The third kappa shape index (κ3) is 4.06. The fourth-order valence-electron chi connectivity index (χ4n) is 2.50. The number of hydrogen-bond donors (Lipinski definition) is 3. The fourth-order valence-corrected chi connectivity index (χ4v) is 2.50. The SMILES string of the molecule is COc1cccc(C=C2NC(=O)NC2=O)c1OCc1ccc(C(=O)O)cc1. The lowest BCUT2D eigenvalue weighted by molar-refractivity contribution is -0.115. The number of methoxy groups -OCH3 is 1. The largest absolute Gasteiger partial charge is 0.493 e. The van der Waals surface area contributed by atoms with E-state index in [1.807, 2.05) is 0 Å². The molecule has 0 unspecified atom stereocenters. The van der Waals surface area contributed by atoms with Crippen molar-refractivity contribution in [3.05, 3.63) is 64.9 Å². The maximum Gasteiger partial charge on any atom is 0.335 e. The van der Waals surface area contributed by atoms with Gasteiger partial charge in [-0.05, 0) is 29.8 Å². The number of carbonyl (C=O) groups excluding carboxylic acids is 2. The lowest BCUT2D eigenvalue weighted by Gasteiger charge is -2.14. The Morgan fingerprint density at radius 1 is 1.11 bits per heavy atom. The van der Waals surface area contributed by atoms with Crippen molar-refractivity contribution in [1.82, 2.24) is 10.6 Å². The number of nitrogens with one attached hydrogen (secondary N) is 2. The Kier molecular flexibility index (Phi) is 5.07. The number of hydrogen-bond acceptors (Lipinski definition) is 5. The number of carboxylic acids is 1. The quantitative estimate of drug-likeness (QED) is 0.532. The summed E-state index contributed by atoms with van der Waals surface area (Å²) in [6, 6.07) is 10.9. The molecular weight excluding hydrogens is 352 g/mol. The molecule has 1 saturated heterocycles. The Balaban J connectivity index is 1.85. The number of urea groups is 1. The first-order valence-electron chi connectivity index (χ1n) is 7.94. The van der Waals surface area contributed by atoms with Gasteiger partial charge in [-0.1, -0.05) is 24.3 Å². The van der Waals surface area contributed by atoms with Gasteiger partial charge in [-0.25, -0.2) is 9.59 Å². The Labute approximate surface area is 154 Å². The highest BCUT2D eigenvalue weighted by Crippen LogP contribution is 2.33. The van der Waals surface area contributed by atoms with Gasteiger partial charge in [0.05, 0.1) is 12.7 Å². The molecule has 8 nitrogen and oxygen atoms in total. The predicted molar refractivity (Wildman–Crippen MR) is 95.4 cm³/mol. The number of imide groups is 1. The molecule has 0 radical (unpaired) electrons. The standard InChI is InChI=1S/C19H16N2O6/c1-26-15-4-2-3-13(9-14-17(22)21-19(25)20-14)16(15)27-10-11-5-7-12(8-6-11)18(23)24/h2-9H,10H2,1H3,(H,23,24)(H2,20,21,22,25). The van der Waals surface area contributed by atoms with Gasteiger partial charge >= 0.3 is 12.0 Å². The second-order valence-electron chi connectivity index (χ2n) is 5.64. The average molecular weight is 368 g/mol. The van der Waals surface area contributed by atoms with E-state index in [0.29, 0.717) is 17.1 Å². The molecule has 2 aromatic rings. The third-order valence-electron chi connectivity index (χ3n) is 3.83. The van der Waals surface area contributed by atoms with Gasteiger partial charge in [0, 0.05) is 5.56 Å². The zero-order valence-electron chi connectivity index (χ0n) is 14.3. The first-order valence-corrected chi connectivity index (χ1v) is 7.94. The van der Waals surface area contributed by atoms with Crippen LogP contribution in [0.25, 0.3) is 6.08 Å². The van der Waals surface area contributed by atoms with Crippen LogP contribution in [0.4, 0.5) is 4.79 Å². The van der Waals surface area contributed by atoms with Crippen molar-refractivity contribution in [3.8, 4) is 11.5 Å². The topological polar surface area (TPSA) is 114 Å². The van der Waals surface area contributed by atoms with Crippen molar-refractivity contribution in [1.29, 1.82) is 0 Å². The average Bonchev–Trinajstić information content (AvgIpc) is 2.97. The van der Waals surface area contributed by atoms with Crippen molar-refractivity contribution in [2.75, 3.05) is 7.11 Å². The van der Waals surface area contributed by atoms with Crippen molar-refractivity contribution in [3.63, 3.8) is 0 Å². The molecule has 3 N–H and O–H groups in total. The van der Waals surface area contributed by atoms with Crippen molar-refractivity contribution >= 4 is 24.0 Å². The zero-order chi connectivity index (χ0) is 19.4. The van der Waals surface area contributed by atoms with Gasteiger partial charge in [0.25, 0.3) is 5.91 Å². The van der Waals surface area contributed by atoms with Crippen LogP contribution in [0.5, 0.6) is 11.5 Å². The first-order chi connectivity index (χ1) is 13.0. The summed E-state index contributed by atoms with van der Waals surface area (Å²) in [5.41, 5.74) is 1.59. The number of benzene rings is 2. The fraction of sp³-hybridized carbons (Fsp3) is 0.105. The van der Waals surface area contributed by atoms with Gasteiger partial charge in [0.1, 0.15) is 12.3 Å². The second-order valence-corrected chi connectivity index (χ2v) is 5.64. The Hall–Kier alpha value is -3.81. The van der Waals surface area contributed by atoms with E-state index in [2.05, 4.69) is 10.6 Å². The van der Waals surface area contributed by atoms with E-state index >= 15 is 0 Å². The summed E-state index contributed by atoms with van der Waals surface area (Å²) in [6.45, 7) is 0.162. The van der Waals surface area contributed by atoms with Gasteiger partial charge in [0.2, 0.25) is 0 Å². The third-order valence-corrected chi connectivity index (χ3v) is 3.83. The Morgan fingerprint density at radius 2 is 1.85 bits per heavy atom. The molecule has 2 aromatic carbocycles. The van der Waals surface area contributed by atoms with E-state index in [4.69, 9.17) is 14.6 Å². The molecule has 0 aliphatic carbocycles. The normalized spacial score (nSPS) is 14.6. The van der Waals surface area contributed by atoms with Crippen LogP contribution in [-0.4, -0.2) is 30.1 Å². The smallest absolute Gasteiger partial charge is 0.335 e. The lowest BCUT2D eigenvalue weighted by Crippen LogP contribution is -2.22. The van der Waals surface area contributed by atoms with Crippen LogP contribution in [0, 0.1) is 0 Å². The van der Waals surface area contributed by atoms with E-state index in [9.17, 15) is 14.4 Å². The molecule has 138 valence electrons. The van der Waals surface area contributed by atoms with E-state index in [1.54, 1.807) is 30.3 Å². The molecule has 1 fully saturated rings. The van der Waals surface area contributed by atoms with Crippen LogP contribution >= 0.6 is 0 Å². The minimum absolute atomic E-state index is 0.101. The van der Waals surface area contributed by atoms with Gasteiger partial charge in [-0.15, -0.1) is 0 Å². The van der Waals surface area contributed by atoms with Crippen molar-refractivity contribution in [2.45, 2.75) is 6.61 Å². The van der Waals surface area contributed by atoms with Crippen molar-refractivity contribution in [2.24, 2.45) is 0 Å². The van der Waals surface area contributed by atoms with Crippen LogP contribution in [0.15, 0.2) is 48.2 Å². The van der Waals surface area contributed by atoms with E-state index in [0.717, 1.165) is 5.56 Å². The monoisotopic (exact) mass is 368 g/mol. The molecule has 3 rings (SSSR count). The second kappa shape index (κ2) is 7.61. The molecule has 1 heterocycles. The summed E-state index contributed by atoms with van der Waals surface area (Å²) in [5, 5.41) is 13.5. The zero-order valence-corrected chi connectivity index (χ0v) is 14.3. The van der Waals surface area contributed by atoms with Crippen molar-refractivity contribution < 1.29 is 29.0 Å². The highest BCUT2D eigenvalue weighted by Gasteiger charge is 2.23. The number of amides is 3. The van der Waals surface area contributed by atoms with Crippen LogP contribution in [0.3, 0.4) is 0 Å². The number of rotatable bonds is 6. The summed E-state index contributed by atoms with van der Waals surface area (Å²) in [4.78, 5) is 33.9. The maximum absolute atomic E-state index is 11.7. The molecule has 0 atom stereocenters. The van der Waals surface area contributed by atoms with Crippen LogP contribution in [0.2, 0.25) is 0 Å². The van der Waals surface area contributed by atoms with Crippen LogP contribution < -0.4 is 20.1 Å². The van der Waals surface area contributed by atoms with Gasteiger partial charge in [0.15, 0.2) is 11.5 Å². The molecule has 1 aliphatic rings. The molecule has 27 heavy (non-hydrogen) atoms. The molecule has 1 aliphatic heterocycles. The highest BCUT2D eigenvalue weighted by atomic mass is 16.5. The molecule has 3 amide bonds. The minimum atomic E-state index is -1.00. The van der Waals surface area contributed by atoms with E-state index < -0.39 is 17.9 Å². The molecule has 0 spiro atoms. The minimum Gasteiger partial charge on any atom is -0.493 e. The van der Waals surface area contributed by atoms with Gasteiger partial charge in [-0.3, -0.25) is 10.1 Å². The number of ether oxygens (including phenoxy) is 2. The summed E-state index contributed by atoms with van der Waals surface area (Å²) in [5.74, 6) is -0.684. The summed E-state index contributed by atoms with van der Waals surface area (Å²) >= 11 is 0. The summed E-state index contributed by atoms with van der Waals surface area (Å²) < 4.78 is 11.2. The summed E-state index contributed by atoms with van der Waals surface area (Å²) in [7, 11) is 1.49. The van der Waals surface area contributed by atoms with E-state index in [1.165, 1.54) is 25.3 Å². The number of carbonyl (C=O) groups is 3. The van der Waals surface area contributed by atoms with E-state index in [-0.39, 0.29) is 17.9 Å². The number of para-hydroxylation sites is 1. The molecule has 0 saturated carbocycles. The van der Waals surface area contributed by atoms with Gasteiger partial charge < -0.3 is 19.9 Å². The molecule has 0 bridgehead atoms. The Morgan fingerprint density at radius 3 is 2.44 bits per heavy atom.